The Balaban J connectivity index is 1.46. The van der Waals surface area contributed by atoms with Crippen LogP contribution < -0.4 is 15.0 Å². The number of benzene rings is 2. The maximum Gasteiger partial charge on any atom is 0.318 e. The van der Waals surface area contributed by atoms with Crippen molar-refractivity contribution in [2.24, 2.45) is 0 Å². The minimum absolute atomic E-state index is 0.0463. The normalized spacial score (nSPS) is 19.5. The summed E-state index contributed by atoms with van der Waals surface area (Å²) >= 11 is 0. The first-order valence-corrected chi connectivity index (χ1v) is 13.9. The van der Waals surface area contributed by atoms with Gasteiger partial charge in [0.05, 0.1) is 30.2 Å². The molecule has 6 rings (SSSR count). The molecule has 2 saturated heterocycles. The molecule has 1 amide bonds. The Kier molecular flexibility index (Phi) is 7.23. The summed E-state index contributed by atoms with van der Waals surface area (Å²) in [4.78, 5) is 29.4. The van der Waals surface area contributed by atoms with Crippen LogP contribution in [0.1, 0.15) is 24.8 Å². The van der Waals surface area contributed by atoms with Gasteiger partial charge in [0.2, 0.25) is 5.91 Å². The number of aliphatic hydroxyl groups excluding tert-OH is 1. The molecule has 2 aromatic carbocycles. The summed E-state index contributed by atoms with van der Waals surface area (Å²) < 4.78 is 36.5. The number of nitrogens with one attached hydrogen (secondary N) is 1. The van der Waals surface area contributed by atoms with Gasteiger partial charge in [0, 0.05) is 56.3 Å². The van der Waals surface area contributed by atoms with Crippen molar-refractivity contribution >= 4 is 33.4 Å². The molecule has 2 aromatic heterocycles. The molecule has 2 aliphatic rings. The van der Waals surface area contributed by atoms with Gasteiger partial charge in [-0.3, -0.25) is 9.78 Å². The van der Waals surface area contributed by atoms with E-state index in [2.05, 4.69) is 26.2 Å². The van der Waals surface area contributed by atoms with E-state index in [4.69, 9.17) is 11.2 Å². The summed E-state index contributed by atoms with van der Waals surface area (Å²) in [6.07, 6.45) is 8.83. The first-order chi connectivity index (χ1) is 20.7. The number of methoxy groups -OCH3 is 1. The summed E-state index contributed by atoms with van der Waals surface area (Å²) in [5, 5.41) is 24.3. The van der Waals surface area contributed by atoms with Crippen LogP contribution in [-0.2, 0) is 4.79 Å². The van der Waals surface area contributed by atoms with E-state index < -0.39 is 17.2 Å². The molecule has 12 heteroatoms. The molecule has 4 heterocycles. The summed E-state index contributed by atoms with van der Waals surface area (Å²) in [5.41, 5.74) is -0.607. The van der Waals surface area contributed by atoms with Crippen molar-refractivity contribution in [1.82, 2.24) is 25.2 Å². The second-order valence-corrected chi connectivity index (χ2v) is 11.1. The zero-order chi connectivity index (χ0) is 30.5. The zero-order valence-electron chi connectivity index (χ0n) is 23.7. The number of phenolic OH excluding ortho intramolecular Hbond substituents is 1. The number of pyridine rings is 1. The highest BCUT2D eigenvalue weighted by Crippen LogP contribution is 2.40. The van der Waals surface area contributed by atoms with Crippen LogP contribution in [0.5, 0.6) is 11.8 Å². The number of carbonyl (C=O) groups is 1. The van der Waals surface area contributed by atoms with Crippen LogP contribution in [-0.4, -0.2) is 88.0 Å². The molecule has 0 saturated carbocycles. The summed E-state index contributed by atoms with van der Waals surface area (Å²) in [5.74, 6) is 0.993. The van der Waals surface area contributed by atoms with E-state index in [1.165, 1.54) is 37.6 Å². The Morgan fingerprint density at radius 2 is 2.14 bits per heavy atom. The number of likely N-dealkylation sites (N-methyl/N-ethyl adjacent to an activating group) is 1. The third-order valence-corrected chi connectivity index (χ3v) is 8.28. The van der Waals surface area contributed by atoms with E-state index in [1.54, 1.807) is 11.9 Å². The molecule has 2 fully saturated rings. The van der Waals surface area contributed by atoms with Gasteiger partial charge in [0.25, 0.3) is 0 Å². The number of aromatic nitrogens is 3. The molecule has 0 radical (unpaired) electrons. The van der Waals surface area contributed by atoms with Crippen molar-refractivity contribution in [3.63, 3.8) is 0 Å². The predicted octanol–water partition coefficient (Wildman–Crippen LogP) is 2.97. The maximum atomic E-state index is 16.5. The number of hydrogen-bond donors (Lipinski definition) is 3. The molecule has 0 spiro atoms. The topological polar surface area (TPSA) is 124 Å². The van der Waals surface area contributed by atoms with Gasteiger partial charge in [-0.15, -0.1) is 6.42 Å². The Morgan fingerprint density at radius 3 is 2.88 bits per heavy atom. The third kappa shape index (κ3) is 4.94. The quantitative estimate of drug-likeness (QED) is 0.280. The van der Waals surface area contributed by atoms with E-state index in [9.17, 15) is 19.4 Å². The van der Waals surface area contributed by atoms with Gasteiger partial charge < -0.3 is 30.1 Å². The standard InChI is InChI=1S/C31H30F2N6O4/c1-4-20-23(32)6-5-17-11-19(41)12-21(25(17)20)27-26(33)28-22(13-34-27)29(36-30(35-28)43-3)39-14-18-7-9-31(16-39,37-18)15-38(2)24(42)8-10-40/h1,5-6,11-13,18,37,40-41H,7-10,14-16H2,2-3H3/t18-,31?/m1/s1. The van der Waals surface area contributed by atoms with E-state index in [-0.39, 0.29) is 64.5 Å². The van der Waals surface area contributed by atoms with Gasteiger partial charge in [0.1, 0.15) is 28.6 Å². The second-order valence-electron chi connectivity index (χ2n) is 11.1. The number of amides is 1. The van der Waals surface area contributed by atoms with Crippen molar-refractivity contribution in [3.05, 3.63) is 47.7 Å². The molecular formula is C31H30F2N6O4. The average molecular weight is 589 g/mol. The van der Waals surface area contributed by atoms with Crippen molar-refractivity contribution in [1.29, 1.82) is 0 Å². The predicted molar refractivity (Wildman–Crippen MR) is 157 cm³/mol. The molecule has 2 aliphatic heterocycles. The first-order valence-electron chi connectivity index (χ1n) is 13.9. The lowest BCUT2D eigenvalue weighted by atomic mass is 9.95. The SMILES string of the molecule is C#Cc1c(F)ccc2cc(O)cc(-c3ncc4c(N5C[C@H]6CCC(CN(C)C(=O)CCO)(C5)N6)nc(OC)nc4c3F)c12. The van der Waals surface area contributed by atoms with E-state index >= 15 is 4.39 Å². The Morgan fingerprint density at radius 1 is 1.33 bits per heavy atom. The lowest BCUT2D eigenvalue weighted by Gasteiger charge is -2.43. The Bertz CT molecular complexity index is 1810. The summed E-state index contributed by atoms with van der Waals surface area (Å²) in [7, 11) is 3.10. The smallest absolute Gasteiger partial charge is 0.318 e. The van der Waals surface area contributed by atoms with E-state index in [0.29, 0.717) is 36.2 Å². The summed E-state index contributed by atoms with van der Waals surface area (Å²) in [6, 6.07) is 5.43. The number of ether oxygens (including phenoxy) is 1. The number of terminal acetylenes is 1. The number of carbonyl (C=O) groups excluding carboxylic acids is 1. The van der Waals surface area contributed by atoms with Gasteiger partial charge in [-0.2, -0.15) is 9.97 Å². The van der Waals surface area contributed by atoms with Gasteiger partial charge in [-0.25, -0.2) is 8.78 Å². The number of halogens is 2. The van der Waals surface area contributed by atoms with E-state index in [0.717, 1.165) is 12.8 Å². The molecule has 222 valence electrons. The number of hydrogen-bond acceptors (Lipinski definition) is 9. The minimum atomic E-state index is -0.805. The lowest BCUT2D eigenvalue weighted by Crippen LogP contribution is -2.64. The fourth-order valence-corrected chi connectivity index (χ4v) is 6.44. The number of phenols is 1. The highest BCUT2D eigenvalue weighted by atomic mass is 19.1. The first kappa shape index (κ1) is 28.5. The van der Waals surface area contributed by atoms with Crippen LogP contribution in [0.4, 0.5) is 14.6 Å². The molecule has 2 bridgehead atoms. The highest BCUT2D eigenvalue weighted by molar-refractivity contribution is 6.03. The molecule has 4 aromatic rings. The average Bonchev–Trinajstić information content (AvgIpc) is 3.29. The van der Waals surface area contributed by atoms with Crippen molar-refractivity contribution in [2.45, 2.75) is 30.8 Å². The van der Waals surface area contributed by atoms with Crippen LogP contribution in [0.15, 0.2) is 30.5 Å². The van der Waals surface area contributed by atoms with Crippen LogP contribution in [0.2, 0.25) is 0 Å². The number of rotatable bonds is 7. The van der Waals surface area contributed by atoms with Crippen LogP contribution in [0, 0.1) is 24.0 Å². The Hall–Kier alpha value is -4.60. The molecule has 3 N–H and O–H groups in total. The number of aliphatic hydroxyl groups is 1. The number of nitrogens with zero attached hydrogens (tertiary/aromatic N) is 5. The van der Waals surface area contributed by atoms with Crippen molar-refractivity contribution < 1.29 is 28.5 Å². The largest absolute Gasteiger partial charge is 0.508 e. The van der Waals surface area contributed by atoms with Gasteiger partial charge in [-0.05, 0) is 36.4 Å². The number of fused-ring (bicyclic) bond motifs is 4. The monoisotopic (exact) mass is 588 g/mol. The number of anilines is 1. The summed E-state index contributed by atoms with van der Waals surface area (Å²) in [6.45, 7) is 1.26. The van der Waals surface area contributed by atoms with Crippen molar-refractivity contribution in [2.75, 3.05) is 45.3 Å². The van der Waals surface area contributed by atoms with Crippen LogP contribution >= 0.6 is 0 Å². The van der Waals surface area contributed by atoms with Gasteiger partial charge in [-0.1, -0.05) is 12.0 Å². The molecule has 0 aliphatic carbocycles. The van der Waals surface area contributed by atoms with Crippen LogP contribution in [0.3, 0.4) is 0 Å². The maximum absolute atomic E-state index is 16.5. The fraction of sp³-hybridized carbons (Fsp3) is 0.355. The van der Waals surface area contributed by atoms with Gasteiger partial charge >= 0.3 is 6.01 Å². The minimum Gasteiger partial charge on any atom is -0.508 e. The second kappa shape index (κ2) is 10.9. The molecule has 2 atom stereocenters. The number of piperazine rings is 1. The van der Waals surface area contributed by atoms with E-state index in [1.807, 2.05) is 4.90 Å². The highest BCUT2D eigenvalue weighted by Gasteiger charge is 2.46. The molecule has 10 nitrogen and oxygen atoms in total. The zero-order valence-corrected chi connectivity index (χ0v) is 23.7. The molecule has 1 unspecified atom stereocenters. The van der Waals surface area contributed by atoms with Gasteiger partial charge in [0.15, 0.2) is 5.82 Å². The molecule has 43 heavy (non-hydrogen) atoms. The fourth-order valence-electron chi connectivity index (χ4n) is 6.44. The lowest BCUT2D eigenvalue weighted by molar-refractivity contribution is -0.131. The molecular weight excluding hydrogens is 558 g/mol. The van der Waals surface area contributed by atoms with Crippen LogP contribution in [0.25, 0.3) is 32.9 Å². The van der Waals surface area contributed by atoms with Crippen molar-refractivity contribution in [3.8, 4) is 35.4 Å². The number of aromatic hydroxyl groups is 1. The Labute approximate surface area is 246 Å². The third-order valence-electron chi connectivity index (χ3n) is 8.28.